The number of nitrogens with zero attached hydrogens (tertiary/aromatic N) is 2. The van der Waals surface area contributed by atoms with Crippen LogP contribution < -0.4 is 4.74 Å². The van der Waals surface area contributed by atoms with Crippen LogP contribution in [0.15, 0.2) is 74.7 Å². The first kappa shape index (κ1) is 22.0. The molecule has 0 radical (unpaired) electrons. The molecule has 0 aliphatic carbocycles. The van der Waals surface area contributed by atoms with Gasteiger partial charge in [0.15, 0.2) is 0 Å². The van der Waals surface area contributed by atoms with Gasteiger partial charge in [-0.05, 0) is 56.7 Å². The number of benzene rings is 3. The zero-order valence-electron chi connectivity index (χ0n) is 18.1. The lowest BCUT2D eigenvalue weighted by Gasteiger charge is -2.39. The van der Waals surface area contributed by atoms with Crippen molar-refractivity contribution in [3.8, 4) is 5.75 Å². The van der Waals surface area contributed by atoms with Gasteiger partial charge >= 0.3 is 0 Å². The van der Waals surface area contributed by atoms with Gasteiger partial charge in [-0.3, -0.25) is 0 Å². The third-order valence-corrected chi connectivity index (χ3v) is 7.35. The number of ether oxygens (including phenoxy) is 1. The Morgan fingerprint density at radius 3 is 2.34 bits per heavy atom. The summed E-state index contributed by atoms with van der Waals surface area (Å²) in [4.78, 5) is 0. The van der Waals surface area contributed by atoms with Gasteiger partial charge in [-0.2, -0.15) is 5.10 Å². The van der Waals surface area contributed by atoms with Crippen LogP contribution in [0.2, 0.25) is 5.02 Å². The van der Waals surface area contributed by atoms with E-state index >= 15 is 0 Å². The van der Waals surface area contributed by atoms with Crippen molar-refractivity contribution in [2.24, 2.45) is 5.10 Å². The highest BCUT2D eigenvalue weighted by Crippen LogP contribution is 2.51. The van der Waals surface area contributed by atoms with E-state index < -0.39 is 0 Å². The topological polar surface area (TPSA) is 24.8 Å². The van der Waals surface area contributed by atoms with Gasteiger partial charge < -0.3 is 4.74 Å². The molecule has 3 aromatic rings. The molecule has 2 atom stereocenters. The monoisotopic (exact) mass is 572 g/mol. The molecular formula is C26H23Br2ClN2O. The molecule has 0 saturated heterocycles. The maximum Gasteiger partial charge on any atom is 0.213 e. The number of hydrogen-bond acceptors (Lipinski definition) is 3. The van der Waals surface area contributed by atoms with Gasteiger partial charge in [0, 0.05) is 27.0 Å². The van der Waals surface area contributed by atoms with Crippen molar-refractivity contribution >= 4 is 49.2 Å². The predicted molar refractivity (Wildman–Crippen MR) is 138 cm³/mol. The number of rotatable bonds is 2. The first-order chi connectivity index (χ1) is 15.2. The minimum atomic E-state index is -0.302. The maximum atomic E-state index is 6.58. The van der Waals surface area contributed by atoms with Gasteiger partial charge in [-0.25, -0.2) is 5.01 Å². The smallest absolute Gasteiger partial charge is 0.213 e. The van der Waals surface area contributed by atoms with Crippen molar-refractivity contribution in [2.45, 2.75) is 44.9 Å². The van der Waals surface area contributed by atoms with E-state index in [0.717, 1.165) is 48.5 Å². The van der Waals surface area contributed by atoms with Gasteiger partial charge in [0.2, 0.25) is 6.23 Å². The molecule has 0 bridgehead atoms. The maximum absolute atomic E-state index is 6.58. The number of halogens is 3. The van der Waals surface area contributed by atoms with Gasteiger partial charge in [0.05, 0.1) is 16.2 Å². The van der Waals surface area contributed by atoms with Crippen molar-refractivity contribution in [1.82, 2.24) is 5.01 Å². The standard InChI is InChI=1S/C26H23Br2ClN2O/c1-26(2,3)17-8-4-16(5-9-17)25-31-23(20-12-18(27)13-21(28)24(20)32-25)14-22(30-31)15-6-10-19(29)11-7-15/h4-13,23,25H,14H2,1-3H3. The average Bonchev–Trinajstić information content (AvgIpc) is 3.19. The van der Waals surface area contributed by atoms with Crippen LogP contribution in [-0.4, -0.2) is 10.7 Å². The zero-order chi connectivity index (χ0) is 22.6. The Balaban J connectivity index is 1.59. The van der Waals surface area contributed by atoms with Gasteiger partial charge in [0.25, 0.3) is 0 Å². The Hall–Kier alpha value is -1.82. The molecule has 0 saturated carbocycles. The summed E-state index contributed by atoms with van der Waals surface area (Å²) in [6.07, 6.45) is 0.501. The molecule has 32 heavy (non-hydrogen) atoms. The molecule has 2 heterocycles. The van der Waals surface area contributed by atoms with E-state index in [1.807, 2.05) is 30.3 Å². The van der Waals surface area contributed by atoms with Crippen LogP contribution in [0.3, 0.4) is 0 Å². The van der Waals surface area contributed by atoms with Crippen LogP contribution >= 0.6 is 43.5 Å². The number of hydrazone groups is 1. The second-order valence-electron chi connectivity index (χ2n) is 9.30. The van der Waals surface area contributed by atoms with Crippen LogP contribution in [-0.2, 0) is 5.41 Å². The van der Waals surface area contributed by atoms with E-state index in [1.165, 1.54) is 5.56 Å². The largest absolute Gasteiger partial charge is 0.463 e. The van der Waals surface area contributed by atoms with E-state index in [-0.39, 0.29) is 17.7 Å². The summed E-state index contributed by atoms with van der Waals surface area (Å²) in [5.74, 6) is 0.881. The second-order valence-corrected chi connectivity index (χ2v) is 11.5. The van der Waals surface area contributed by atoms with E-state index in [1.54, 1.807) is 0 Å². The molecule has 3 nitrogen and oxygen atoms in total. The van der Waals surface area contributed by atoms with E-state index in [9.17, 15) is 0 Å². The molecule has 5 rings (SSSR count). The number of fused-ring (bicyclic) bond motifs is 3. The molecule has 6 heteroatoms. The Kier molecular flexibility index (Phi) is 5.63. The SMILES string of the molecule is CC(C)(C)c1ccc(C2Oc3c(Br)cc(Br)cc3C3CC(c4ccc(Cl)cc4)=NN32)cc1. The molecular weight excluding hydrogens is 552 g/mol. The minimum absolute atomic E-state index is 0.0884. The Morgan fingerprint density at radius 2 is 1.69 bits per heavy atom. The van der Waals surface area contributed by atoms with Crippen LogP contribution in [0.4, 0.5) is 0 Å². The van der Waals surface area contributed by atoms with Crippen LogP contribution in [0.25, 0.3) is 0 Å². The molecule has 3 aromatic carbocycles. The summed E-state index contributed by atoms with van der Waals surface area (Å²) in [7, 11) is 0. The fourth-order valence-corrected chi connectivity index (χ4v) is 5.78. The molecule has 2 aliphatic rings. The highest BCUT2D eigenvalue weighted by Gasteiger charge is 2.42. The summed E-state index contributed by atoms with van der Waals surface area (Å²) in [6, 6.07) is 20.9. The van der Waals surface area contributed by atoms with Crippen molar-refractivity contribution < 1.29 is 4.74 Å². The summed E-state index contributed by atoms with van der Waals surface area (Å²) in [6.45, 7) is 6.68. The van der Waals surface area contributed by atoms with Crippen molar-refractivity contribution in [3.63, 3.8) is 0 Å². The molecule has 0 N–H and O–H groups in total. The summed E-state index contributed by atoms with van der Waals surface area (Å²) >= 11 is 13.5. The first-order valence-electron chi connectivity index (χ1n) is 10.6. The van der Waals surface area contributed by atoms with Gasteiger partial charge in [-0.1, -0.05) is 84.7 Å². The zero-order valence-corrected chi connectivity index (χ0v) is 22.0. The van der Waals surface area contributed by atoms with E-state index in [2.05, 4.69) is 88.0 Å². The highest BCUT2D eigenvalue weighted by atomic mass is 79.9. The van der Waals surface area contributed by atoms with E-state index in [0.29, 0.717) is 0 Å². The van der Waals surface area contributed by atoms with Crippen molar-refractivity contribution in [1.29, 1.82) is 0 Å². The molecule has 0 aromatic heterocycles. The fraction of sp³-hybridized carbons (Fsp3) is 0.269. The molecule has 0 fully saturated rings. The average molecular weight is 575 g/mol. The molecule has 2 aliphatic heterocycles. The normalized spacial score (nSPS) is 19.8. The molecule has 164 valence electrons. The van der Waals surface area contributed by atoms with E-state index in [4.69, 9.17) is 21.4 Å². The third kappa shape index (κ3) is 4.00. The highest BCUT2D eigenvalue weighted by molar-refractivity contribution is 9.11. The van der Waals surface area contributed by atoms with Crippen molar-refractivity contribution in [3.05, 3.63) is 96.9 Å². The van der Waals surface area contributed by atoms with Gasteiger partial charge in [-0.15, -0.1) is 0 Å². The van der Waals surface area contributed by atoms with Crippen LogP contribution in [0.1, 0.15) is 61.7 Å². The predicted octanol–water partition coefficient (Wildman–Crippen LogP) is 8.40. The molecule has 0 spiro atoms. The lowest BCUT2D eigenvalue weighted by Crippen LogP contribution is -2.34. The molecule has 2 unspecified atom stereocenters. The lowest BCUT2D eigenvalue weighted by molar-refractivity contribution is -0.0197. The van der Waals surface area contributed by atoms with Crippen LogP contribution in [0, 0.1) is 0 Å². The Labute approximate surface area is 210 Å². The lowest BCUT2D eigenvalue weighted by atomic mass is 9.86. The summed E-state index contributed by atoms with van der Waals surface area (Å²) in [5.41, 5.74) is 5.73. The fourth-order valence-electron chi connectivity index (χ4n) is 4.30. The Bertz CT molecular complexity index is 1200. The Morgan fingerprint density at radius 1 is 1.00 bits per heavy atom. The first-order valence-corrected chi connectivity index (χ1v) is 12.5. The van der Waals surface area contributed by atoms with Crippen LogP contribution in [0.5, 0.6) is 5.75 Å². The molecule has 0 amide bonds. The van der Waals surface area contributed by atoms with Crippen molar-refractivity contribution in [2.75, 3.05) is 0 Å². The third-order valence-electron chi connectivity index (χ3n) is 6.05. The minimum Gasteiger partial charge on any atom is -0.463 e. The summed E-state index contributed by atoms with van der Waals surface area (Å²) in [5, 5.41) is 7.88. The summed E-state index contributed by atoms with van der Waals surface area (Å²) < 4.78 is 8.53. The number of hydrogen-bond donors (Lipinski definition) is 0. The second kappa shape index (κ2) is 8.19. The quantitative estimate of drug-likeness (QED) is 0.307. The van der Waals surface area contributed by atoms with Gasteiger partial charge in [0.1, 0.15) is 5.75 Å².